The van der Waals surface area contributed by atoms with Crippen LogP contribution in [0.1, 0.15) is 25.0 Å². The van der Waals surface area contributed by atoms with E-state index in [1.165, 1.54) is 0 Å². The van der Waals surface area contributed by atoms with Gasteiger partial charge >= 0.3 is 0 Å². The quantitative estimate of drug-likeness (QED) is 0.612. The van der Waals surface area contributed by atoms with Crippen molar-refractivity contribution in [3.8, 4) is 11.5 Å². The lowest BCUT2D eigenvalue weighted by molar-refractivity contribution is -0.122. The third-order valence-electron chi connectivity index (χ3n) is 3.80. The van der Waals surface area contributed by atoms with Crippen molar-refractivity contribution in [2.24, 2.45) is 0 Å². The van der Waals surface area contributed by atoms with Crippen LogP contribution in [0.4, 0.5) is 0 Å². The van der Waals surface area contributed by atoms with Gasteiger partial charge in [-0.25, -0.2) is 0 Å². The van der Waals surface area contributed by atoms with E-state index in [2.05, 4.69) is 0 Å². The SMILES string of the molecule is CCOc1cc(/C=C2/C(=O)N(CC)C(=S)N2C)c(C)cc1OC. The fraction of sp³-hybridized carbons (Fsp3) is 0.412. The Bertz CT molecular complexity index is 670. The van der Waals surface area contributed by atoms with Crippen LogP contribution < -0.4 is 9.47 Å². The van der Waals surface area contributed by atoms with Crippen LogP contribution in [0.5, 0.6) is 11.5 Å². The molecule has 124 valence electrons. The molecule has 1 aliphatic heterocycles. The number of methoxy groups -OCH3 is 1. The van der Waals surface area contributed by atoms with Crippen molar-refractivity contribution in [2.45, 2.75) is 20.8 Å². The van der Waals surface area contributed by atoms with Crippen LogP contribution in [0.15, 0.2) is 17.8 Å². The predicted molar refractivity (Wildman–Crippen MR) is 94.6 cm³/mol. The minimum atomic E-state index is -0.0758. The number of rotatable bonds is 5. The van der Waals surface area contributed by atoms with E-state index in [1.54, 1.807) is 16.9 Å². The zero-order chi connectivity index (χ0) is 17.1. The van der Waals surface area contributed by atoms with Crippen molar-refractivity contribution >= 4 is 29.3 Å². The van der Waals surface area contributed by atoms with Gasteiger partial charge in [0.25, 0.3) is 5.91 Å². The first kappa shape index (κ1) is 17.3. The monoisotopic (exact) mass is 334 g/mol. The number of amides is 1. The van der Waals surface area contributed by atoms with Gasteiger partial charge in [-0.15, -0.1) is 0 Å². The summed E-state index contributed by atoms with van der Waals surface area (Å²) in [6, 6.07) is 3.80. The van der Waals surface area contributed by atoms with Crippen molar-refractivity contribution in [1.29, 1.82) is 0 Å². The first-order valence-electron chi connectivity index (χ1n) is 7.57. The number of hydrogen-bond acceptors (Lipinski definition) is 4. The Morgan fingerprint density at radius 2 is 1.96 bits per heavy atom. The molecule has 1 saturated heterocycles. The third-order valence-corrected chi connectivity index (χ3v) is 4.30. The Kier molecular flexibility index (Phi) is 5.26. The molecule has 0 N–H and O–H groups in total. The molecule has 0 radical (unpaired) electrons. The molecule has 0 spiro atoms. The molecule has 0 aromatic heterocycles. The summed E-state index contributed by atoms with van der Waals surface area (Å²) in [4.78, 5) is 15.8. The Morgan fingerprint density at radius 1 is 1.26 bits per heavy atom. The van der Waals surface area contributed by atoms with E-state index in [4.69, 9.17) is 21.7 Å². The van der Waals surface area contributed by atoms with Gasteiger partial charge in [-0.3, -0.25) is 9.69 Å². The van der Waals surface area contributed by atoms with E-state index in [0.29, 0.717) is 35.5 Å². The van der Waals surface area contributed by atoms with Gasteiger partial charge in [0.1, 0.15) is 5.70 Å². The highest BCUT2D eigenvalue weighted by molar-refractivity contribution is 7.80. The standard InChI is InChI=1S/C17H22N2O3S/c1-6-19-16(20)13(18(4)17(19)23)9-12-10-15(22-7-2)14(21-5)8-11(12)3/h8-10H,6-7H2,1-5H3/b13-9-. The average molecular weight is 334 g/mol. The Hall–Kier alpha value is -2.08. The molecule has 2 rings (SSSR count). The Morgan fingerprint density at radius 3 is 2.48 bits per heavy atom. The second kappa shape index (κ2) is 7.00. The number of thiocarbonyl (C=S) groups is 1. The van der Waals surface area contributed by atoms with Crippen molar-refractivity contribution < 1.29 is 14.3 Å². The van der Waals surface area contributed by atoms with Crippen molar-refractivity contribution in [1.82, 2.24) is 9.80 Å². The van der Waals surface area contributed by atoms with Crippen LogP contribution in [-0.2, 0) is 4.79 Å². The molecule has 1 aromatic rings. The smallest absolute Gasteiger partial charge is 0.276 e. The molecule has 1 fully saturated rings. The molecule has 0 atom stereocenters. The molecule has 1 heterocycles. The number of aryl methyl sites for hydroxylation is 1. The summed E-state index contributed by atoms with van der Waals surface area (Å²) < 4.78 is 11.0. The molecule has 0 bridgehead atoms. The molecule has 23 heavy (non-hydrogen) atoms. The largest absolute Gasteiger partial charge is 0.493 e. The molecule has 5 nitrogen and oxygen atoms in total. The highest BCUT2D eigenvalue weighted by Crippen LogP contribution is 2.32. The predicted octanol–water partition coefficient (Wildman–Crippen LogP) is 2.82. The molecule has 0 unspecified atom stereocenters. The molecule has 0 saturated carbocycles. The first-order chi connectivity index (χ1) is 10.9. The summed E-state index contributed by atoms with van der Waals surface area (Å²) in [6.45, 7) is 6.91. The van der Waals surface area contributed by atoms with Crippen molar-refractivity contribution in [2.75, 3.05) is 27.3 Å². The second-order valence-electron chi connectivity index (χ2n) is 5.21. The number of nitrogens with zero attached hydrogens (tertiary/aromatic N) is 2. The van der Waals surface area contributed by atoms with Crippen LogP contribution in [0.2, 0.25) is 0 Å². The van der Waals surface area contributed by atoms with Gasteiger partial charge in [-0.05, 0) is 62.3 Å². The highest BCUT2D eigenvalue weighted by Gasteiger charge is 2.34. The molecule has 1 amide bonds. The number of likely N-dealkylation sites (N-methyl/N-ethyl adjacent to an activating group) is 2. The average Bonchev–Trinajstić information content (AvgIpc) is 2.73. The molecule has 1 aliphatic rings. The summed E-state index contributed by atoms with van der Waals surface area (Å²) in [5, 5.41) is 0.528. The molecular weight excluding hydrogens is 312 g/mol. The zero-order valence-corrected chi connectivity index (χ0v) is 15.0. The minimum Gasteiger partial charge on any atom is -0.493 e. The lowest BCUT2D eigenvalue weighted by Gasteiger charge is -2.14. The van der Waals surface area contributed by atoms with Crippen LogP contribution in [-0.4, -0.2) is 48.1 Å². The van der Waals surface area contributed by atoms with Crippen LogP contribution in [0.3, 0.4) is 0 Å². The summed E-state index contributed by atoms with van der Waals surface area (Å²) >= 11 is 5.32. The van der Waals surface area contributed by atoms with E-state index in [1.807, 2.05) is 46.0 Å². The van der Waals surface area contributed by atoms with Crippen LogP contribution in [0, 0.1) is 6.92 Å². The molecular formula is C17H22N2O3S. The van der Waals surface area contributed by atoms with Gasteiger partial charge in [0.15, 0.2) is 16.6 Å². The summed E-state index contributed by atoms with van der Waals surface area (Å²) in [5.74, 6) is 1.27. The van der Waals surface area contributed by atoms with Gasteiger partial charge in [-0.1, -0.05) is 0 Å². The lowest BCUT2D eigenvalue weighted by Crippen LogP contribution is -2.30. The van der Waals surface area contributed by atoms with Gasteiger partial charge < -0.3 is 14.4 Å². The number of ether oxygens (including phenoxy) is 2. The van der Waals surface area contributed by atoms with Gasteiger partial charge in [0.05, 0.1) is 13.7 Å². The van der Waals surface area contributed by atoms with Crippen LogP contribution in [0.25, 0.3) is 6.08 Å². The summed E-state index contributed by atoms with van der Waals surface area (Å²) in [5.41, 5.74) is 2.47. The maximum Gasteiger partial charge on any atom is 0.276 e. The van der Waals surface area contributed by atoms with Gasteiger partial charge in [-0.2, -0.15) is 0 Å². The van der Waals surface area contributed by atoms with Crippen molar-refractivity contribution in [3.63, 3.8) is 0 Å². The topological polar surface area (TPSA) is 42.0 Å². The third kappa shape index (κ3) is 3.17. The van der Waals surface area contributed by atoms with E-state index in [-0.39, 0.29) is 5.91 Å². The highest BCUT2D eigenvalue weighted by atomic mass is 32.1. The lowest BCUT2D eigenvalue weighted by atomic mass is 10.1. The normalized spacial score (nSPS) is 16.5. The molecule has 0 aliphatic carbocycles. The van der Waals surface area contributed by atoms with E-state index in [9.17, 15) is 4.79 Å². The number of hydrogen-bond donors (Lipinski definition) is 0. The van der Waals surface area contributed by atoms with E-state index >= 15 is 0 Å². The van der Waals surface area contributed by atoms with Gasteiger partial charge in [0.2, 0.25) is 0 Å². The number of carbonyl (C=O) groups excluding carboxylic acids is 1. The number of carbonyl (C=O) groups is 1. The molecule has 6 heteroatoms. The first-order valence-corrected chi connectivity index (χ1v) is 7.98. The second-order valence-corrected chi connectivity index (χ2v) is 5.58. The summed E-state index contributed by atoms with van der Waals surface area (Å²) in [6.07, 6.45) is 1.85. The maximum absolute atomic E-state index is 12.5. The molecule has 1 aromatic carbocycles. The summed E-state index contributed by atoms with van der Waals surface area (Å²) in [7, 11) is 3.42. The van der Waals surface area contributed by atoms with E-state index in [0.717, 1.165) is 11.1 Å². The van der Waals surface area contributed by atoms with Crippen molar-refractivity contribution in [3.05, 3.63) is 29.0 Å². The fourth-order valence-corrected chi connectivity index (χ4v) is 2.81. The fourth-order valence-electron chi connectivity index (χ4n) is 2.50. The maximum atomic E-state index is 12.5. The van der Waals surface area contributed by atoms with E-state index < -0.39 is 0 Å². The van der Waals surface area contributed by atoms with Gasteiger partial charge in [0, 0.05) is 13.6 Å². The Labute approximate surface area is 142 Å². The van der Waals surface area contributed by atoms with Crippen LogP contribution >= 0.6 is 12.2 Å². The number of benzene rings is 1. The minimum absolute atomic E-state index is 0.0758. The zero-order valence-electron chi connectivity index (χ0n) is 14.2. The Balaban J connectivity index is 2.48.